The van der Waals surface area contributed by atoms with Crippen molar-refractivity contribution in [3.8, 4) is 17.2 Å². The van der Waals surface area contributed by atoms with Crippen LogP contribution in [0.2, 0.25) is 0 Å². The predicted octanol–water partition coefficient (Wildman–Crippen LogP) is 2.44. The fourth-order valence-corrected chi connectivity index (χ4v) is 3.26. The van der Waals surface area contributed by atoms with Crippen molar-refractivity contribution in [1.82, 2.24) is 9.80 Å². The number of hydrogen-bond acceptors (Lipinski definition) is 5. The van der Waals surface area contributed by atoms with Gasteiger partial charge in [-0.15, -0.1) is 0 Å². The van der Waals surface area contributed by atoms with Crippen LogP contribution in [0.15, 0.2) is 42.5 Å². The molecule has 0 saturated carbocycles. The van der Waals surface area contributed by atoms with E-state index in [0.717, 1.165) is 50.8 Å². The van der Waals surface area contributed by atoms with E-state index < -0.39 is 0 Å². The molecule has 5 nitrogen and oxygen atoms in total. The molecule has 2 aromatic rings. The van der Waals surface area contributed by atoms with E-state index in [9.17, 15) is 5.11 Å². The number of phenolic OH excluding ortho intramolecular Hbond substituents is 1. The largest absolute Gasteiger partial charge is 0.508 e. The Morgan fingerprint density at radius 1 is 0.750 bits per heavy atom. The summed E-state index contributed by atoms with van der Waals surface area (Å²) < 4.78 is 10.8. The van der Waals surface area contributed by atoms with Crippen molar-refractivity contribution < 1.29 is 14.6 Å². The molecular formula is C19H22N2O3. The second-order valence-electron chi connectivity index (χ2n) is 6.41. The molecule has 0 bridgehead atoms. The SMILES string of the molecule is Oc1ccc(CN2CCN(Cc3ccc4c(c3)OCO4)CC2)cc1. The summed E-state index contributed by atoms with van der Waals surface area (Å²) in [5.74, 6) is 2.03. The summed E-state index contributed by atoms with van der Waals surface area (Å²) in [7, 11) is 0. The van der Waals surface area contributed by atoms with Gasteiger partial charge in [-0.25, -0.2) is 0 Å². The summed E-state index contributed by atoms with van der Waals surface area (Å²) in [6.07, 6.45) is 0. The quantitative estimate of drug-likeness (QED) is 0.935. The van der Waals surface area contributed by atoms with Crippen LogP contribution in [0.3, 0.4) is 0 Å². The number of benzene rings is 2. The molecule has 1 fully saturated rings. The van der Waals surface area contributed by atoms with Gasteiger partial charge in [-0.05, 0) is 35.4 Å². The number of aromatic hydroxyl groups is 1. The Morgan fingerprint density at radius 2 is 1.33 bits per heavy atom. The first-order valence-electron chi connectivity index (χ1n) is 8.37. The molecule has 0 spiro atoms. The van der Waals surface area contributed by atoms with Crippen LogP contribution in [0.25, 0.3) is 0 Å². The van der Waals surface area contributed by atoms with Crippen LogP contribution in [-0.4, -0.2) is 47.9 Å². The van der Waals surface area contributed by atoms with Gasteiger partial charge in [0.15, 0.2) is 11.5 Å². The Hall–Kier alpha value is -2.24. The average molecular weight is 326 g/mol. The van der Waals surface area contributed by atoms with Crippen LogP contribution in [0.4, 0.5) is 0 Å². The summed E-state index contributed by atoms with van der Waals surface area (Å²) in [6, 6.07) is 13.7. The number of piperazine rings is 1. The molecule has 0 unspecified atom stereocenters. The molecule has 0 aliphatic carbocycles. The van der Waals surface area contributed by atoms with Gasteiger partial charge in [0.25, 0.3) is 0 Å². The van der Waals surface area contributed by atoms with E-state index in [1.165, 1.54) is 11.1 Å². The van der Waals surface area contributed by atoms with Crippen molar-refractivity contribution in [3.05, 3.63) is 53.6 Å². The van der Waals surface area contributed by atoms with Crippen LogP contribution >= 0.6 is 0 Å². The highest BCUT2D eigenvalue weighted by Gasteiger charge is 2.19. The summed E-state index contributed by atoms with van der Waals surface area (Å²) in [5, 5.41) is 9.36. The van der Waals surface area contributed by atoms with Crippen LogP contribution in [0.5, 0.6) is 17.2 Å². The standard InChI is InChI=1S/C19H22N2O3/c22-17-4-1-15(2-5-17)12-20-7-9-21(10-8-20)13-16-3-6-18-19(11-16)24-14-23-18/h1-6,11,22H,7-10,12-14H2. The minimum absolute atomic E-state index is 0.326. The highest BCUT2D eigenvalue weighted by Crippen LogP contribution is 2.32. The monoisotopic (exact) mass is 326 g/mol. The third-order valence-corrected chi connectivity index (χ3v) is 4.65. The second kappa shape index (κ2) is 6.71. The second-order valence-corrected chi connectivity index (χ2v) is 6.41. The Morgan fingerprint density at radius 3 is 2.04 bits per heavy atom. The Bertz CT molecular complexity index is 694. The zero-order valence-electron chi connectivity index (χ0n) is 13.6. The van der Waals surface area contributed by atoms with Gasteiger partial charge in [0, 0.05) is 39.3 Å². The first-order chi connectivity index (χ1) is 11.8. The number of phenols is 1. The van der Waals surface area contributed by atoms with Crippen molar-refractivity contribution >= 4 is 0 Å². The number of nitrogens with zero attached hydrogens (tertiary/aromatic N) is 2. The van der Waals surface area contributed by atoms with Crippen molar-refractivity contribution in [2.45, 2.75) is 13.1 Å². The van der Waals surface area contributed by atoms with Crippen LogP contribution < -0.4 is 9.47 Å². The molecule has 2 aliphatic heterocycles. The number of ether oxygens (including phenoxy) is 2. The lowest BCUT2D eigenvalue weighted by Crippen LogP contribution is -2.45. The highest BCUT2D eigenvalue weighted by molar-refractivity contribution is 5.44. The van der Waals surface area contributed by atoms with Gasteiger partial charge < -0.3 is 14.6 Å². The van der Waals surface area contributed by atoms with Crippen molar-refractivity contribution in [1.29, 1.82) is 0 Å². The number of fused-ring (bicyclic) bond motifs is 1. The summed E-state index contributed by atoms with van der Waals surface area (Å²) in [4.78, 5) is 4.94. The van der Waals surface area contributed by atoms with Gasteiger partial charge >= 0.3 is 0 Å². The number of hydrogen-bond donors (Lipinski definition) is 1. The van der Waals surface area contributed by atoms with E-state index in [1.54, 1.807) is 12.1 Å². The molecule has 2 heterocycles. The molecule has 4 rings (SSSR count). The molecule has 2 aliphatic rings. The Balaban J connectivity index is 1.29. The van der Waals surface area contributed by atoms with Crippen molar-refractivity contribution in [3.63, 3.8) is 0 Å². The van der Waals surface area contributed by atoms with Gasteiger partial charge in [0.1, 0.15) is 5.75 Å². The molecular weight excluding hydrogens is 304 g/mol. The topological polar surface area (TPSA) is 45.2 Å². The lowest BCUT2D eigenvalue weighted by atomic mass is 10.1. The first kappa shape index (κ1) is 15.3. The molecule has 0 radical (unpaired) electrons. The maximum Gasteiger partial charge on any atom is 0.231 e. The molecule has 24 heavy (non-hydrogen) atoms. The summed E-state index contributed by atoms with van der Waals surface area (Å²) in [6.45, 7) is 6.46. The number of rotatable bonds is 4. The van der Waals surface area contributed by atoms with E-state index in [4.69, 9.17) is 9.47 Å². The van der Waals surface area contributed by atoms with Gasteiger partial charge in [0.2, 0.25) is 6.79 Å². The van der Waals surface area contributed by atoms with Crippen LogP contribution in [0, 0.1) is 0 Å². The molecule has 0 aromatic heterocycles. The lowest BCUT2D eigenvalue weighted by molar-refractivity contribution is 0.122. The van der Waals surface area contributed by atoms with E-state index in [0.29, 0.717) is 12.5 Å². The van der Waals surface area contributed by atoms with Crippen molar-refractivity contribution in [2.75, 3.05) is 33.0 Å². The third kappa shape index (κ3) is 3.47. The van der Waals surface area contributed by atoms with Gasteiger partial charge in [0.05, 0.1) is 0 Å². The highest BCUT2D eigenvalue weighted by atomic mass is 16.7. The van der Waals surface area contributed by atoms with E-state index in [2.05, 4.69) is 21.9 Å². The van der Waals surface area contributed by atoms with Gasteiger partial charge in [-0.2, -0.15) is 0 Å². The lowest BCUT2D eigenvalue weighted by Gasteiger charge is -2.34. The zero-order chi connectivity index (χ0) is 16.4. The predicted molar refractivity (Wildman–Crippen MR) is 91.2 cm³/mol. The molecule has 2 aromatic carbocycles. The molecule has 1 saturated heterocycles. The van der Waals surface area contributed by atoms with Crippen molar-refractivity contribution in [2.24, 2.45) is 0 Å². The normalized spacial score (nSPS) is 18.0. The van der Waals surface area contributed by atoms with Crippen LogP contribution in [0.1, 0.15) is 11.1 Å². The molecule has 0 amide bonds. The average Bonchev–Trinajstić information content (AvgIpc) is 3.06. The smallest absolute Gasteiger partial charge is 0.231 e. The Labute approximate surface area is 142 Å². The Kier molecular flexibility index (Phi) is 4.28. The molecule has 1 N–H and O–H groups in total. The first-order valence-corrected chi connectivity index (χ1v) is 8.37. The van der Waals surface area contributed by atoms with Gasteiger partial charge in [-0.3, -0.25) is 9.80 Å². The third-order valence-electron chi connectivity index (χ3n) is 4.65. The minimum Gasteiger partial charge on any atom is -0.508 e. The maximum absolute atomic E-state index is 9.36. The summed E-state index contributed by atoms with van der Waals surface area (Å²) in [5.41, 5.74) is 2.52. The van der Waals surface area contributed by atoms with Gasteiger partial charge in [-0.1, -0.05) is 18.2 Å². The molecule has 0 atom stereocenters. The fraction of sp³-hybridized carbons (Fsp3) is 0.368. The van der Waals surface area contributed by atoms with Crippen LogP contribution in [-0.2, 0) is 13.1 Å². The van der Waals surface area contributed by atoms with E-state index in [1.807, 2.05) is 18.2 Å². The van der Waals surface area contributed by atoms with E-state index in [-0.39, 0.29) is 0 Å². The molecule has 126 valence electrons. The zero-order valence-corrected chi connectivity index (χ0v) is 13.6. The minimum atomic E-state index is 0.326. The van der Waals surface area contributed by atoms with E-state index >= 15 is 0 Å². The summed E-state index contributed by atoms with van der Waals surface area (Å²) >= 11 is 0. The molecule has 5 heteroatoms. The maximum atomic E-state index is 9.36. The fourth-order valence-electron chi connectivity index (χ4n) is 3.26.